The van der Waals surface area contributed by atoms with Crippen LogP contribution in [0, 0.1) is 25.5 Å². The molecule has 6 nitrogen and oxygen atoms in total. The number of aromatic nitrogens is 2. The second kappa shape index (κ2) is 6.77. The molecule has 0 bridgehead atoms. The fraction of sp³-hybridized carbons (Fsp3) is 0.200. The summed E-state index contributed by atoms with van der Waals surface area (Å²) in [5, 5.41) is 6.83. The van der Waals surface area contributed by atoms with Crippen LogP contribution in [0.2, 0.25) is 0 Å². The molecule has 0 saturated carbocycles. The lowest BCUT2D eigenvalue weighted by Crippen LogP contribution is -2.19. The number of halogens is 2. The average Bonchev–Trinajstić information content (AvgIpc) is 3.10. The van der Waals surface area contributed by atoms with E-state index < -0.39 is 32.9 Å². The van der Waals surface area contributed by atoms with Gasteiger partial charge >= 0.3 is 0 Å². The van der Waals surface area contributed by atoms with Crippen LogP contribution < -0.4 is 5.32 Å². The predicted octanol–water partition coefficient (Wildman–Crippen LogP) is 3.45. The average molecular weight is 417 g/mol. The summed E-state index contributed by atoms with van der Waals surface area (Å²) in [6.07, 6.45) is 0. The Bertz CT molecular complexity index is 1250. The zero-order valence-corrected chi connectivity index (χ0v) is 16.5. The topological polar surface area (TPSA) is 81.1 Å². The minimum atomic E-state index is -3.39. The van der Waals surface area contributed by atoms with Crippen molar-refractivity contribution in [2.24, 2.45) is 0 Å². The van der Waals surface area contributed by atoms with E-state index >= 15 is 0 Å². The van der Waals surface area contributed by atoms with E-state index in [1.54, 1.807) is 6.07 Å². The molecule has 2 aromatic carbocycles. The van der Waals surface area contributed by atoms with Crippen molar-refractivity contribution in [1.82, 2.24) is 9.78 Å². The molecule has 3 aromatic rings. The van der Waals surface area contributed by atoms with Crippen LogP contribution in [-0.2, 0) is 21.3 Å². The Morgan fingerprint density at radius 1 is 1.07 bits per heavy atom. The van der Waals surface area contributed by atoms with Crippen molar-refractivity contribution in [3.63, 3.8) is 0 Å². The smallest absolute Gasteiger partial charge is 0.262 e. The molecule has 0 saturated heterocycles. The van der Waals surface area contributed by atoms with E-state index in [0.717, 1.165) is 29.3 Å². The number of sulfone groups is 1. The van der Waals surface area contributed by atoms with Crippen LogP contribution in [0.1, 0.15) is 32.7 Å². The van der Waals surface area contributed by atoms with E-state index in [0.29, 0.717) is 16.9 Å². The fourth-order valence-electron chi connectivity index (χ4n) is 3.30. The number of amides is 1. The molecule has 0 atom stereocenters. The summed E-state index contributed by atoms with van der Waals surface area (Å²) in [5.74, 6) is -3.50. The van der Waals surface area contributed by atoms with Gasteiger partial charge in [0.15, 0.2) is 9.84 Å². The second-order valence-electron chi connectivity index (χ2n) is 7.04. The molecule has 2 heterocycles. The molecule has 1 amide bonds. The van der Waals surface area contributed by atoms with E-state index in [1.807, 2.05) is 26.0 Å². The van der Waals surface area contributed by atoms with Crippen molar-refractivity contribution in [1.29, 1.82) is 0 Å². The predicted molar refractivity (Wildman–Crippen MR) is 104 cm³/mol. The number of benzene rings is 2. The summed E-state index contributed by atoms with van der Waals surface area (Å²) in [7, 11) is -3.39. The molecule has 1 aliphatic heterocycles. The van der Waals surface area contributed by atoms with Gasteiger partial charge in [-0.05, 0) is 49.2 Å². The molecule has 1 N–H and O–H groups in total. The van der Waals surface area contributed by atoms with Crippen LogP contribution in [0.25, 0.3) is 5.69 Å². The first-order valence-corrected chi connectivity index (χ1v) is 10.6. The number of carbonyl (C=O) groups is 1. The van der Waals surface area contributed by atoms with Gasteiger partial charge in [0, 0.05) is 5.56 Å². The van der Waals surface area contributed by atoms with Gasteiger partial charge in [-0.25, -0.2) is 21.9 Å². The fourth-order valence-corrected chi connectivity index (χ4v) is 4.79. The molecule has 150 valence electrons. The minimum absolute atomic E-state index is 0.0944. The van der Waals surface area contributed by atoms with E-state index in [-0.39, 0.29) is 17.3 Å². The summed E-state index contributed by atoms with van der Waals surface area (Å²) >= 11 is 0. The Morgan fingerprint density at radius 2 is 1.76 bits per heavy atom. The molecule has 0 spiro atoms. The first-order valence-electron chi connectivity index (χ1n) is 8.80. The Morgan fingerprint density at radius 3 is 2.41 bits per heavy atom. The van der Waals surface area contributed by atoms with Gasteiger partial charge in [-0.3, -0.25) is 4.79 Å². The number of hydrogen-bond acceptors (Lipinski definition) is 4. The van der Waals surface area contributed by atoms with Crippen LogP contribution in [0.3, 0.4) is 0 Å². The first-order chi connectivity index (χ1) is 13.7. The molecule has 0 radical (unpaired) electrons. The lowest BCUT2D eigenvalue weighted by atomic mass is 10.1. The van der Waals surface area contributed by atoms with Gasteiger partial charge < -0.3 is 5.32 Å². The van der Waals surface area contributed by atoms with Gasteiger partial charge in [0.05, 0.1) is 22.9 Å². The van der Waals surface area contributed by atoms with Gasteiger partial charge in [0.1, 0.15) is 23.0 Å². The number of anilines is 1. The SMILES string of the molecule is Cc1ccc(-n2nc3c(c2NC(=O)c2c(F)cccc2F)CS(=O)(=O)C3)cc1C. The third-order valence-electron chi connectivity index (χ3n) is 4.94. The maximum absolute atomic E-state index is 14.0. The van der Waals surface area contributed by atoms with Gasteiger partial charge in [0.2, 0.25) is 0 Å². The first kappa shape index (κ1) is 19.3. The Labute approximate surface area is 166 Å². The molecular formula is C20H17F2N3O3S. The maximum Gasteiger partial charge on any atom is 0.262 e. The summed E-state index contributed by atoms with van der Waals surface area (Å²) in [4.78, 5) is 12.6. The van der Waals surface area contributed by atoms with Crippen molar-refractivity contribution in [3.8, 4) is 5.69 Å². The number of aryl methyl sites for hydroxylation is 2. The molecule has 0 aliphatic carbocycles. The van der Waals surface area contributed by atoms with E-state index in [1.165, 1.54) is 4.68 Å². The van der Waals surface area contributed by atoms with E-state index in [2.05, 4.69) is 10.4 Å². The minimum Gasteiger partial charge on any atom is -0.306 e. The number of fused-ring (bicyclic) bond motifs is 1. The largest absolute Gasteiger partial charge is 0.306 e. The third-order valence-corrected chi connectivity index (χ3v) is 6.39. The maximum atomic E-state index is 14.0. The van der Waals surface area contributed by atoms with E-state index in [9.17, 15) is 22.0 Å². The van der Waals surface area contributed by atoms with Crippen molar-refractivity contribution in [3.05, 3.63) is 76.0 Å². The molecule has 1 aliphatic rings. The molecule has 0 unspecified atom stereocenters. The Balaban J connectivity index is 1.83. The number of carbonyl (C=O) groups excluding carboxylic acids is 1. The molecule has 1 aromatic heterocycles. The Hall–Kier alpha value is -3.07. The van der Waals surface area contributed by atoms with Crippen LogP contribution in [0.15, 0.2) is 36.4 Å². The lowest BCUT2D eigenvalue weighted by Gasteiger charge is -2.13. The number of hydrogen-bond donors (Lipinski definition) is 1. The van der Waals surface area contributed by atoms with Crippen LogP contribution >= 0.6 is 0 Å². The van der Waals surface area contributed by atoms with Crippen LogP contribution in [0.5, 0.6) is 0 Å². The summed E-state index contributed by atoms with van der Waals surface area (Å²) < 4.78 is 53.5. The second-order valence-corrected chi connectivity index (χ2v) is 9.10. The Kier molecular flexibility index (Phi) is 4.49. The van der Waals surface area contributed by atoms with Crippen molar-refractivity contribution in [2.45, 2.75) is 25.4 Å². The molecule has 0 fully saturated rings. The molecule has 29 heavy (non-hydrogen) atoms. The summed E-state index contributed by atoms with van der Waals surface area (Å²) in [6, 6.07) is 8.60. The zero-order valence-electron chi connectivity index (χ0n) is 15.7. The van der Waals surface area contributed by atoms with Crippen molar-refractivity contribution >= 4 is 21.6 Å². The highest BCUT2D eigenvalue weighted by atomic mass is 32.2. The number of nitrogens with one attached hydrogen (secondary N) is 1. The third kappa shape index (κ3) is 3.42. The van der Waals surface area contributed by atoms with E-state index in [4.69, 9.17) is 0 Å². The number of nitrogens with zero attached hydrogens (tertiary/aromatic N) is 2. The molecule has 4 rings (SSSR count). The van der Waals surface area contributed by atoms with Gasteiger partial charge in [0.25, 0.3) is 5.91 Å². The summed E-state index contributed by atoms with van der Waals surface area (Å²) in [5.41, 5.74) is 2.53. The molecule has 9 heteroatoms. The summed E-state index contributed by atoms with van der Waals surface area (Å²) in [6.45, 7) is 3.85. The zero-order chi connectivity index (χ0) is 20.9. The van der Waals surface area contributed by atoms with Gasteiger partial charge in [-0.2, -0.15) is 5.10 Å². The highest BCUT2D eigenvalue weighted by Crippen LogP contribution is 2.33. The lowest BCUT2D eigenvalue weighted by molar-refractivity contribution is 0.101. The highest BCUT2D eigenvalue weighted by Gasteiger charge is 2.34. The van der Waals surface area contributed by atoms with Crippen LogP contribution in [0.4, 0.5) is 14.6 Å². The van der Waals surface area contributed by atoms with Crippen molar-refractivity contribution < 1.29 is 22.0 Å². The number of rotatable bonds is 3. The van der Waals surface area contributed by atoms with Gasteiger partial charge in [-0.1, -0.05) is 12.1 Å². The highest BCUT2D eigenvalue weighted by molar-refractivity contribution is 7.90. The normalized spacial score (nSPS) is 14.6. The standard InChI is InChI=1S/C20H17F2N3O3S/c1-11-6-7-13(8-12(11)2)25-19(14-9-29(27,28)10-17(14)24-25)23-20(26)18-15(21)4-3-5-16(18)22/h3-8H,9-10H2,1-2H3,(H,23,26). The van der Waals surface area contributed by atoms with Gasteiger partial charge in [-0.15, -0.1) is 0 Å². The monoisotopic (exact) mass is 417 g/mol. The van der Waals surface area contributed by atoms with Crippen molar-refractivity contribution in [2.75, 3.05) is 5.32 Å². The quantitative estimate of drug-likeness (QED) is 0.708. The van der Waals surface area contributed by atoms with Crippen LogP contribution in [-0.4, -0.2) is 24.1 Å². The molecular weight excluding hydrogens is 400 g/mol.